The zero-order valence-corrected chi connectivity index (χ0v) is 56.0. The highest BCUT2D eigenvalue weighted by Gasteiger charge is 2.27. The van der Waals surface area contributed by atoms with Crippen molar-refractivity contribution in [3.8, 4) is 0 Å². The first-order valence-corrected chi connectivity index (χ1v) is 33.5. The first-order valence-electron chi connectivity index (χ1n) is 26.5. The second-order valence-corrected chi connectivity index (χ2v) is 31.1. The van der Waals surface area contributed by atoms with E-state index >= 15 is 0 Å². The van der Waals surface area contributed by atoms with Crippen molar-refractivity contribution < 1.29 is 93.4 Å². The fourth-order valence-electron chi connectivity index (χ4n) is 5.37. The summed E-state index contributed by atoms with van der Waals surface area (Å²) < 4.78 is 90.1. The van der Waals surface area contributed by atoms with Crippen LogP contribution in [0.5, 0.6) is 0 Å². The van der Waals surface area contributed by atoms with E-state index in [2.05, 4.69) is 41.6 Å². The van der Waals surface area contributed by atoms with Crippen LogP contribution in [0.25, 0.3) is 10.9 Å². The molecule has 0 aliphatic heterocycles. The molecule has 0 aliphatic rings. The van der Waals surface area contributed by atoms with E-state index in [-0.39, 0.29) is 66.9 Å². The van der Waals surface area contributed by atoms with Gasteiger partial charge < -0.3 is 88.0 Å². The number of hydrogen-bond acceptors (Lipinski definition) is 18. The van der Waals surface area contributed by atoms with Crippen LogP contribution in [-0.4, -0.2) is 159 Å². The average Bonchev–Trinajstić information content (AvgIpc) is 3.75. The Bertz CT molecular complexity index is 2360. The first kappa shape index (κ1) is 82.1. The van der Waals surface area contributed by atoms with Gasteiger partial charge in [0, 0.05) is 71.1 Å². The van der Waals surface area contributed by atoms with Crippen molar-refractivity contribution >= 4 is 77.2 Å². The maximum Gasteiger partial charge on any atom is 0.407 e. The summed E-state index contributed by atoms with van der Waals surface area (Å²) in [6.45, 7) is 36.0. The Morgan fingerprint density at radius 3 is 1.22 bits per heavy atom. The van der Waals surface area contributed by atoms with Gasteiger partial charge in [0.25, 0.3) is 0 Å². The van der Waals surface area contributed by atoms with Gasteiger partial charge >= 0.3 is 54.7 Å². The molecule has 0 saturated heterocycles. The predicted molar refractivity (Wildman–Crippen MR) is 320 cm³/mol. The minimum Gasteiger partial charge on any atom is -0.449 e. The number of nitrogens with one attached hydrogen (secondary N) is 7. The van der Waals surface area contributed by atoms with Crippen LogP contribution in [-0.2, 0) is 64.4 Å². The lowest BCUT2D eigenvalue weighted by Gasteiger charge is -2.21. The van der Waals surface area contributed by atoms with Crippen LogP contribution in [0.15, 0.2) is 30.5 Å². The summed E-state index contributed by atoms with van der Waals surface area (Å²) in [4.78, 5) is 76.8. The minimum atomic E-state index is -4.08. The number of carbonyl (C=O) groups is 5. The molecule has 2 aromatic rings. The van der Waals surface area contributed by atoms with E-state index in [1.54, 1.807) is 48.5 Å². The summed E-state index contributed by atoms with van der Waals surface area (Å²) in [6.07, 6.45) is -0.0339. The fraction of sp³-hybridized carbons (Fsp3) is 0.745. The second-order valence-electron chi connectivity index (χ2n) is 22.6. The Morgan fingerprint density at radius 2 is 0.878 bits per heavy atom. The fourth-order valence-corrected chi connectivity index (χ4v) is 9.46. The molecule has 31 heteroatoms. The second kappa shape index (κ2) is 38.8. The Balaban J connectivity index is -0.000000954. The van der Waals surface area contributed by atoms with E-state index < -0.39 is 65.8 Å². The van der Waals surface area contributed by atoms with Crippen LogP contribution < -0.4 is 31.9 Å². The maximum atomic E-state index is 12.0. The number of urea groups is 1. The Hall–Kier alpha value is -4.09. The number of amides is 6. The molecule has 1 heterocycles. The Kier molecular flexibility index (Phi) is 38.8. The van der Waals surface area contributed by atoms with E-state index in [0.717, 1.165) is 16.6 Å². The van der Waals surface area contributed by atoms with Crippen molar-refractivity contribution in [1.82, 2.24) is 31.6 Å². The van der Waals surface area contributed by atoms with Crippen molar-refractivity contribution in [2.45, 2.75) is 154 Å². The third-order valence-corrected chi connectivity index (χ3v) is 15.5. The van der Waals surface area contributed by atoms with E-state index in [1.165, 1.54) is 14.2 Å². The van der Waals surface area contributed by atoms with E-state index in [4.69, 9.17) is 46.4 Å². The molecule has 0 unspecified atom stereocenters. The number of aromatic nitrogens is 1. The quantitative estimate of drug-likeness (QED) is 0.0369. The topological polar surface area (TPSA) is 365 Å². The molecule has 0 radical (unpaired) electrons. The van der Waals surface area contributed by atoms with Gasteiger partial charge in [0.2, 0.25) is 5.91 Å². The third-order valence-electron chi connectivity index (χ3n) is 8.76. The smallest absolute Gasteiger partial charge is 0.407 e. The van der Waals surface area contributed by atoms with Crippen molar-refractivity contribution in [1.29, 1.82) is 0 Å². The molecule has 0 atom stereocenters. The summed E-state index contributed by atoms with van der Waals surface area (Å²) in [6, 6.07) is 7.55. The molecule has 2 rings (SSSR count). The van der Waals surface area contributed by atoms with Crippen LogP contribution >= 0.6 is 30.4 Å². The van der Waals surface area contributed by atoms with Crippen molar-refractivity contribution in [2.24, 2.45) is 5.41 Å². The molecule has 27 nitrogen and oxygen atoms in total. The molecule has 0 spiro atoms. The summed E-state index contributed by atoms with van der Waals surface area (Å²) in [5, 5.41) is 17.2. The van der Waals surface area contributed by atoms with E-state index in [1.807, 2.05) is 114 Å². The zero-order chi connectivity index (χ0) is 64.5. The van der Waals surface area contributed by atoms with Crippen LogP contribution in [0.2, 0.25) is 0 Å². The Labute approximate surface area is 487 Å². The molecular weight excluding hydrogens is 1150 g/mol. The zero-order valence-electron chi connectivity index (χ0n) is 52.4. The van der Waals surface area contributed by atoms with Crippen LogP contribution in [0, 0.1) is 5.41 Å². The lowest BCUT2D eigenvalue weighted by Crippen LogP contribution is -2.43. The highest BCUT2D eigenvalue weighted by molar-refractivity contribution is 7.54. The number of anilines is 1. The third kappa shape index (κ3) is 47.3. The molecule has 0 saturated carbocycles. The molecule has 480 valence electrons. The molecule has 0 fully saturated rings. The van der Waals surface area contributed by atoms with Crippen molar-refractivity contribution in [2.75, 3.05) is 97.0 Å². The number of carbonyl (C=O) groups excluding carboxylic acids is 5. The first-order chi connectivity index (χ1) is 37.2. The summed E-state index contributed by atoms with van der Waals surface area (Å²) >= 11 is 0. The van der Waals surface area contributed by atoms with Crippen LogP contribution in [0.4, 0.5) is 24.9 Å². The van der Waals surface area contributed by atoms with Gasteiger partial charge in [0.1, 0.15) is 19.8 Å². The molecule has 0 aliphatic carbocycles. The number of alkyl carbamates (subject to hydrolysis) is 3. The SMILES string of the molecule is CC(C)(C)NC(=O)Nc1ccc2[nH]ccc2c1.CC(C)(C)NC(=O)OCCP(=O)(O)O.CCOP(=O)(CCNC(=O)C(C)(C)C)OCC.CCOP(=O)(CCOC(=O)NC(C)(C)C)OCC.COP(=O)(CCOC(=O)NC(C)(C)C)OC. The van der Waals surface area contributed by atoms with Gasteiger partial charge in [-0.1, -0.05) is 20.8 Å². The van der Waals surface area contributed by atoms with Gasteiger partial charge in [-0.3, -0.25) is 23.1 Å². The van der Waals surface area contributed by atoms with Gasteiger partial charge in [0.05, 0.1) is 51.1 Å². The molecule has 1 aromatic heterocycles. The lowest BCUT2D eigenvalue weighted by atomic mass is 9.96. The van der Waals surface area contributed by atoms with Crippen LogP contribution in [0.3, 0.4) is 0 Å². The number of aromatic amines is 1. The summed E-state index contributed by atoms with van der Waals surface area (Å²) in [7, 11) is -10.8. The number of fused-ring (bicyclic) bond motifs is 1. The van der Waals surface area contributed by atoms with E-state index in [0.29, 0.717) is 33.0 Å². The predicted octanol–water partition coefficient (Wildman–Crippen LogP) is 11.0. The molecule has 9 N–H and O–H groups in total. The standard InChI is InChI=1S/C13H17N3O.C11H24NO5P.C11H24NO4P.C9H20NO5P.C7H16NO5P/c1-13(2,3)16-12(17)15-10-4-5-11-9(8-10)6-7-14-11;1-6-16-18(14,17-7-2)9-8-15-10(13)12-11(3,4)5;1-6-15-17(14,16-7-2)9-8-12-10(13)11(3,4)5;1-9(2,3)10-8(11)15-6-7-16(12,13-4)14-5;1-7(2,3)8-6(9)13-4-5-14(10,11)12/h4-8,14H,1-3H3,(H2,15,16,17);6-9H2,1-5H3,(H,12,13);6-9H2,1-5H3,(H,12,13);6-7H2,1-5H3,(H,10,11);4-5H2,1-3H3,(H,8,9)(H2,10,11,12). The summed E-state index contributed by atoms with van der Waals surface area (Å²) in [5.41, 5.74) is 0.0395. The molecule has 1 aromatic carbocycles. The highest BCUT2D eigenvalue weighted by Crippen LogP contribution is 2.48. The van der Waals surface area contributed by atoms with Gasteiger partial charge in [-0.05, 0) is 135 Å². The van der Waals surface area contributed by atoms with Gasteiger partial charge in [-0.2, -0.15) is 0 Å². The molecule has 82 heavy (non-hydrogen) atoms. The Morgan fingerprint density at radius 1 is 0.512 bits per heavy atom. The lowest BCUT2D eigenvalue weighted by molar-refractivity contribution is -0.128. The maximum absolute atomic E-state index is 12.0. The molecular formula is C51H101N7O20P4. The molecule has 6 amide bonds. The van der Waals surface area contributed by atoms with Crippen molar-refractivity contribution in [3.63, 3.8) is 0 Å². The average molecular weight is 1260 g/mol. The minimum absolute atomic E-state index is 0.000802. The normalized spacial score (nSPS) is 12.2. The van der Waals surface area contributed by atoms with Gasteiger partial charge in [-0.25, -0.2) is 19.2 Å². The highest BCUT2D eigenvalue weighted by atomic mass is 31.2. The monoisotopic (exact) mass is 1260 g/mol. The number of ether oxygens (including phenoxy) is 3. The molecule has 0 bridgehead atoms. The van der Waals surface area contributed by atoms with Crippen molar-refractivity contribution in [3.05, 3.63) is 30.5 Å². The number of rotatable bonds is 23. The van der Waals surface area contributed by atoms with Crippen LogP contribution in [0.1, 0.15) is 132 Å². The largest absolute Gasteiger partial charge is 0.449 e. The number of H-pyrrole nitrogens is 1. The number of hydrogen-bond donors (Lipinski definition) is 9. The van der Waals surface area contributed by atoms with E-state index in [9.17, 15) is 42.2 Å². The van der Waals surface area contributed by atoms with Gasteiger partial charge in [0.15, 0.2) is 0 Å². The summed E-state index contributed by atoms with van der Waals surface area (Å²) in [5.74, 6) is -0.0722. The van der Waals surface area contributed by atoms with Gasteiger partial charge in [-0.15, -0.1) is 0 Å². The number of benzene rings is 1.